The summed E-state index contributed by atoms with van der Waals surface area (Å²) in [5, 5.41) is 26.9. The van der Waals surface area contributed by atoms with Gasteiger partial charge in [-0.25, -0.2) is 4.98 Å². The lowest BCUT2D eigenvalue weighted by Gasteiger charge is -2.21. The van der Waals surface area contributed by atoms with Crippen molar-refractivity contribution >= 4 is 11.8 Å². The molecule has 1 aromatic rings. The fraction of sp³-hybridized carbons (Fsp3) is 0.571. The molecule has 80 valence electrons. The summed E-state index contributed by atoms with van der Waals surface area (Å²) in [5.41, 5.74) is 5.32. The molecule has 0 atom stereocenters. The minimum atomic E-state index is -0.0783. The zero-order valence-electron chi connectivity index (χ0n) is 7.67. The van der Waals surface area contributed by atoms with Gasteiger partial charge in [0.2, 0.25) is 5.95 Å². The van der Waals surface area contributed by atoms with E-state index in [4.69, 9.17) is 15.9 Å². The lowest BCUT2D eigenvalue weighted by atomic mass is 10.5. The molecule has 0 amide bonds. The van der Waals surface area contributed by atoms with Crippen LogP contribution in [0.4, 0.5) is 11.8 Å². The van der Waals surface area contributed by atoms with Gasteiger partial charge in [-0.3, -0.25) is 0 Å². The highest BCUT2D eigenvalue weighted by atomic mass is 16.5. The topological polar surface area (TPSA) is 108 Å². The van der Waals surface area contributed by atoms with Gasteiger partial charge in [0, 0.05) is 13.1 Å². The number of hydrogen-bond donors (Lipinski definition) is 4. The molecule has 5 N–H and O–H groups in total. The maximum Gasteiger partial charge on any atom is 0.236 e. The van der Waals surface area contributed by atoms with Crippen LogP contribution in [-0.2, 0) is 0 Å². The second-order valence-electron chi connectivity index (χ2n) is 2.72. The van der Waals surface area contributed by atoms with Crippen LogP contribution < -0.4 is 10.6 Å². The number of aliphatic hydroxyl groups excluding tert-OH is 2. The Kier molecular flexibility index (Phi) is 3.55. The number of imidazole rings is 1. The molecule has 0 aliphatic rings. The van der Waals surface area contributed by atoms with Gasteiger partial charge in [-0.15, -0.1) is 4.73 Å². The monoisotopic (exact) mass is 202 g/mol. The first kappa shape index (κ1) is 10.6. The van der Waals surface area contributed by atoms with Crippen molar-refractivity contribution < 1.29 is 15.4 Å². The summed E-state index contributed by atoms with van der Waals surface area (Å²) in [7, 11) is 0. The second-order valence-corrected chi connectivity index (χ2v) is 2.72. The fourth-order valence-electron chi connectivity index (χ4n) is 1.15. The predicted octanol–water partition coefficient (Wildman–Crippen LogP) is -1.51. The van der Waals surface area contributed by atoms with E-state index >= 15 is 0 Å². The molecule has 0 aliphatic heterocycles. The molecule has 0 unspecified atom stereocenters. The van der Waals surface area contributed by atoms with E-state index in [1.165, 1.54) is 6.20 Å². The highest BCUT2D eigenvalue weighted by Gasteiger charge is 2.12. The summed E-state index contributed by atoms with van der Waals surface area (Å²) in [6, 6.07) is 0. The summed E-state index contributed by atoms with van der Waals surface area (Å²) in [6.07, 6.45) is 1.38. The second kappa shape index (κ2) is 4.68. The number of nitrogens with zero attached hydrogens (tertiary/aromatic N) is 3. The lowest BCUT2D eigenvalue weighted by Crippen LogP contribution is -2.31. The highest BCUT2D eigenvalue weighted by molar-refractivity contribution is 5.43. The van der Waals surface area contributed by atoms with Crippen LogP contribution in [0, 0.1) is 0 Å². The van der Waals surface area contributed by atoms with Crippen LogP contribution in [0.5, 0.6) is 0 Å². The smallest absolute Gasteiger partial charge is 0.236 e. The summed E-state index contributed by atoms with van der Waals surface area (Å²) in [5.74, 6) is 0.325. The third-order valence-corrected chi connectivity index (χ3v) is 1.81. The first-order chi connectivity index (χ1) is 6.70. The van der Waals surface area contributed by atoms with Gasteiger partial charge in [0.15, 0.2) is 5.82 Å². The number of aliphatic hydroxyl groups is 2. The Morgan fingerprint density at radius 1 is 1.36 bits per heavy atom. The number of hydrogen-bond acceptors (Lipinski definition) is 6. The molecule has 0 aliphatic carbocycles. The van der Waals surface area contributed by atoms with Crippen LogP contribution in [0.2, 0.25) is 0 Å². The van der Waals surface area contributed by atoms with Crippen LogP contribution in [0.25, 0.3) is 0 Å². The average Bonchev–Trinajstić information content (AvgIpc) is 2.48. The van der Waals surface area contributed by atoms with E-state index in [2.05, 4.69) is 4.98 Å². The van der Waals surface area contributed by atoms with E-state index in [0.29, 0.717) is 23.6 Å². The van der Waals surface area contributed by atoms with Gasteiger partial charge in [0.25, 0.3) is 0 Å². The SMILES string of the molecule is Nc1ncc(N(CCO)CCO)n1O. The molecule has 7 nitrogen and oxygen atoms in total. The molecular weight excluding hydrogens is 188 g/mol. The van der Waals surface area contributed by atoms with E-state index in [1.54, 1.807) is 4.90 Å². The van der Waals surface area contributed by atoms with Gasteiger partial charge in [0.1, 0.15) is 0 Å². The van der Waals surface area contributed by atoms with Crippen molar-refractivity contribution in [2.75, 3.05) is 36.9 Å². The van der Waals surface area contributed by atoms with E-state index in [1.807, 2.05) is 0 Å². The molecule has 1 aromatic heterocycles. The standard InChI is InChI=1S/C7H14N4O3/c8-7-9-5-6(11(7)14)10(1-3-12)2-4-13/h5,12-14H,1-4H2,(H2,8,9). The van der Waals surface area contributed by atoms with E-state index in [-0.39, 0.29) is 19.2 Å². The molecule has 0 spiro atoms. The number of aromatic nitrogens is 2. The zero-order valence-corrected chi connectivity index (χ0v) is 7.67. The number of anilines is 2. The van der Waals surface area contributed by atoms with E-state index in [0.717, 1.165) is 0 Å². The Hall–Kier alpha value is -1.47. The summed E-state index contributed by atoms with van der Waals surface area (Å²) in [6.45, 7) is 0.439. The van der Waals surface area contributed by atoms with Gasteiger partial charge in [-0.05, 0) is 0 Å². The molecule has 0 saturated heterocycles. The molecule has 0 saturated carbocycles. The maximum atomic E-state index is 9.39. The minimum Gasteiger partial charge on any atom is -0.423 e. The van der Waals surface area contributed by atoms with Crippen molar-refractivity contribution in [1.29, 1.82) is 0 Å². The van der Waals surface area contributed by atoms with Crippen molar-refractivity contribution in [3.8, 4) is 0 Å². The first-order valence-corrected chi connectivity index (χ1v) is 4.19. The van der Waals surface area contributed by atoms with Crippen LogP contribution in [0.15, 0.2) is 6.20 Å². The predicted molar refractivity (Wildman–Crippen MR) is 50.2 cm³/mol. The summed E-state index contributed by atoms with van der Waals surface area (Å²) < 4.78 is 0.714. The third kappa shape index (κ3) is 2.06. The molecular formula is C7H14N4O3. The quantitative estimate of drug-likeness (QED) is 0.432. The van der Waals surface area contributed by atoms with Gasteiger partial charge in [0.05, 0.1) is 19.4 Å². The molecule has 7 heteroatoms. The summed E-state index contributed by atoms with van der Waals surface area (Å²) >= 11 is 0. The molecule has 0 bridgehead atoms. The van der Waals surface area contributed by atoms with Crippen molar-refractivity contribution in [2.45, 2.75) is 0 Å². The molecule has 14 heavy (non-hydrogen) atoms. The molecule has 1 rings (SSSR count). The normalized spacial score (nSPS) is 10.4. The van der Waals surface area contributed by atoms with Crippen molar-refractivity contribution in [2.24, 2.45) is 0 Å². The van der Waals surface area contributed by atoms with Gasteiger partial charge in [-0.1, -0.05) is 0 Å². The van der Waals surface area contributed by atoms with Crippen LogP contribution >= 0.6 is 0 Å². The van der Waals surface area contributed by atoms with Crippen molar-refractivity contribution in [3.05, 3.63) is 6.20 Å². The Balaban J connectivity index is 2.81. The first-order valence-electron chi connectivity index (χ1n) is 4.19. The van der Waals surface area contributed by atoms with Gasteiger partial charge < -0.3 is 26.1 Å². The Morgan fingerprint density at radius 3 is 2.29 bits per heavy atom. The largest absolute Gasteiger partial charge is 0.423 e. The highest BCUT2D eigenvalue weighted by Crippen LogP contribution is 2.14. The zero-order chi connectivity index (χ0) is 10.6. The van der Waals surface area contributed by atoms with Crippen LogP contribution in [0.1, 0.15) is 0 Å². The molecule has 0 fully saturated rings. The van der Waals surface area contributed by atoms with E-state index in [9.17, 15) is 5.21 Å². The number of nitrogen functional groups attached to an aromatic ring is 1. The van der Waals surface area contributed by atoms with Crippen LogP contribution in [0.3, 0.4) is 0 Å². The summed E-state index contributed by atoms with van der Waals surface area (Å²) in [4.78, 5) is 5.26. The lowest BCUT2D eigenvalue weighted by molar-refractivity contribution is 0.192. The molecule has 0 radical (unpaired) electrons. The Bertz CT molecular complexity index is 282. The van der Waals surface area contributed by atoms with Crippen LogP contribution in [-0.4, -0.2) is 51.4 Å². The Morgan fingerprint density at radius 2 is 1.93 bits per heavy atom. The molecule has 1 heterocycles. The average molecular weight is 202 g/mol. The maximum absolute atomic E-state index is 9.39. The Labute approximate surface area is 81.0 Å². The van der Waals surface area contributed by atoms with E-state index < -0.39 is 0 Å². The minimum absolute atomic E-state index is 0.0270. The van der Waals surface area contributed by atoms with Crippen molar-refractivity contribution in [1.82, 2.24) is 9.71 Å². The third-order valence-electron chi connectivity index (χ3n) is 1.81. The van der Waals surface area contributed by atoms with Gasteiger partial charge >= 0.3 is 0 Å². The number of rotatable bonds is 5. The van der Waals surface area contributed by atoms with Crippen molar-refractivity contribution in [3.63, 3.8) is 0 Å². The molecule has 0 aromatic carbocycles. The fourth-order valence-corrected chi connectivity index (χ4v) is 1.15. The van der Waals surface area contributed by atoms with Gasteiger partial charge in [-0.2, -0.15) is 0 Å². The number of nitrogens with two attached hydrogens (primary N) is 1.